The molecule has 5 aromatic carbocycles. The molecule has 0 aliphatic carbocycles. The molecule has 0 nitrogen and oxygen atoms in total. The highest BCUT2D eigenvalue weighted by Gasteiger charge is 2.11. The summed E-state index contributed by atoms with van der Waals surface area (Å²) in [5, 5.41) is 8.39. The Kier molecular flexibility index (Phi) is 3.95. The summed E-state index contributed by atoms with van der Waals surface area (Å²) in [5.74, 6) is 0. The lowest BCUT2D eigenvalue weighted by molar-refractivity contribution is 1.68. The van der Waals surface area contributed by atoms with Crippen LogP contribution < -0.4 is 0 Å². The number of hydrogen-bond donors (Lipinski definition) is 0. The molecule has 0 saturated carbocycles. The van der Waals surface area contributed by atoms with Gasteiger partial charge in [-0.2, -0.15) is 0 Å². The summed E-state index contributed by atoms with van der Waals surface area (Å²) in [7, 11) is 0. The lowest BCUT2D eigenvalue weighted by Gasteiger charge is -2.10. The zero-order valence-corrected chi connectivity index (χ0v) is 18.4. The van der Waals surface area contributed by atoms with Crippen molar-refractivity contribution in [3.8, 4) is 11.1 Å². The molecule has 6 aromatic rings. The van der Waals surface area contributed by atoms with Crippen LogP contribution in [0.5, 0.6) is 0 Å². The maximum absolute atomic E-state index is 6.19. The third-order valence-corrected chi connectivity index (χ3v) is 7.55. The first-order valence-corrected chi connectivity index (χ1v) is 11.4. The molecule has 0 N–H and O–H groups in total. The van der Waals surface area contributed by atoms with Crippen molar-refractivity contribution < 1.29 is 0 Å². The Morgan fingerprint density at radius 3 is 2.41 bits per heavy atom. The van der Waals surface area contributed by atoms with Crippen LogP contribution in [0.4, 0.5) is 0 Å². The van der Waals surface area contributed by atoms with Crippen LogP contribution in [0.25, 0.3) is 52.8 Å². The van der Waals surface area contributed by atoms with Crippen molar-refractivity contribution in [2.24, 2.45) is 0 Å². The van der Waals surface area contributed by atoms with Crippen molar-refractivity contribution in [1.82, 2.24) is 0 Å². The first kappa shape index (κ1) is 17.5. The molecule has 0 spiro atoms. The third kappa shape index (κ3) is 2.78. The highest BCUT2D eigenvalue weighted by Crippen LogP contribution is 2.40. The molecule has 0 radical (unpaired) electrons. The van der Waals surface area contributed by atoms with Gasteiger partial charge in [-0.25, -0.2) is 0 Å². The van der Waals surface area contributed by atoms with E-state index in [2.05, 4.69) is 94.8 Å². The average Bonchev–Trinajstić information content (AvgIpc) is 3.09. The van der Waals surface area contributed by atoms with Crippen molar-refractivity contribution in [3.05, 3.63) is 94.4 Å². The van der Waals surface area contributed by atoms with Crippen LogP contribution in [0.1, 0.15) is 0 Å². The number of thiophene rings is 1. The van der Waals surface area contributed by atoms with Gasteiger partial charge in [-0.1, -0.05) is 76.1 Å². The van der Waals surface area contributed by atoms with E-state index in [1.165, 1.54) is 52.8 Å². The van der Waals surface area contributed by atoms with Crippen LogP contribution >= 0.6 is 38.9 Å². The molecule has 1 aromatic heterocycles. The van der Waals surface area contributed by atoms with E-state index in [-0.39, 0.29) is 0 Å². The van der Waals surface area contributed by atoms with Crippen LogP contribution in [-0.2, 0) is 0 Å². The van der Waals surface area contributed by atoms with Crippen LogP contribution in [0.3, 0.4) is 0 Å². The number of benzene rings is 5. The molecule has 0 aliphatic heterocycles. The van der Waals surface area contributed by atoms with E-state index in [4.69, 9.17) is 11.6 Å². The highest BCUT2D eigenvalue weighted by atomic mass is 79.9. The summed E-state index contributed by atoms with van der Waals surface area (Å²) in [5.41, 5.74) is 2.44. The fourth-order valence-electron chi connectivity index (χ4n) is 4.19. The van der Waals surface area contributed by atoms with E-state index >= 15 is 0 Å². The smallest absolute Gasteiger partial charge is 0.0420 e. The molecule has 1 heterocycles. The van der Waals surface area contributed by atoms with Gasteiger partial charge in [0.2, 0.25) is 0 Å². The molecule has 0 amide bonds. The molecule has 3 heteroatoms. The fraction of sp³-hybridized carbons (Fsp3) is 0. The summed E-state index contributed by atoms with van der Waals surface area (Å²) in [6, 6.07) is 30.4. The minimum Gasteiger partial charge on any atom is -0.135 e. The topological polar surface area (TPSA) is 0 Å². The Labute approximate surface area is 185 Å². The fourth-order valence-corrected chi connectivity index (χ4v) is 6.24. The molecule has 6 rings (SSSR count). The third-order valence-electron chi connectivity index (χ3n) is 5.56. The normalized spacial score (nSPS) is 11.8. The zero-order valence-electron chi connectivity index (χ0n) is 15.2. The molecule has 0 fully saturated rings. The second-order valence-corrected chi connectivity index (χ2v) is 9.67. The Morgan fingerprint density at radius 1 is 0.621 bits per heavy atom. The van der Waals surface area contributed by atoms with E-state index in [1.54, 1.807) is 11.3 Å². The van der Waals surface area contributed by atoms with Crippen molar-refractivity contribution in [2.45, 2.75) is 0 Å². The van der Waals surface area contributed by atoms with Gasteiger partial charge in [0, 0.05) is 35.1 Å². The van der Waals surface area contributed by atoms with E-state index in [0.29, 0.717) is 0 Å². The van der Waals surface area contributed by atoms with Crippen molar-refractivity contribution in [1.29, 1.82) is 0 Å². The van der Waals surface area contributed by atoms with Gasteiger partial charge in [0.1, 0.15) is 0 Å². The second-order valence-electron chi connectivity index (χ2n) is 7.30. The lowest BCUT2D eigenvalue weighted by atomic mass is 9.97. The van der Waals surface area contributed by atoms with Crippen LogP contribution in [0, 0.1) is 0 Å². The molecular formula is C26H14BrClS. The molecular weight excluding hydrogens is 460 g/mol. The standard InChI is InChI=1S/C26H14BrClS/c27-23-13-18(11-17-6-5-15-3-1-2-4-20(15)26(17)23)16-7-10-24-22(12-16)21-9-8-19(28)14-25(21)29-24/h1-14H. The predicted octanol–water partition coefficient (Wildman–Crippen LogP) is 9.44. The molecule has 0 atom stereocenters. The average molecular weight is 474 g/mol. The van der Waals surface area contributed by atoms with Crippen molar-refractivity contribution in [3.63, 3.8) is 0 Å². The number of fused-ring (bicyclic) bond motifs is 6. The van der Waals surface area contributed by atoms with Gasteiger partial charge >= 0.3 is 0 Å². The largest absolute Gasteiger partial charge is 0.135 e. The van der Waals surface area contributed by atoms with Gasteiger partial charge in [-0.05, 0) is 63.7 Å². The molecule has 0 aliphatic rings. The van der Waals surface area contributed by atoms with Crippen molar-refractivity contribution in [2.75, 3.05) is 0 Å². The van der Waals surface area contributed by atoms with Gasteiger partial charge in [0.15, 0.2) is 0 Å². The summed E-state index contributed by atoms with van der Waals surface area (Å²) in [6.07, 6.45) is 0. The number of rotatable bonds is 1. The monoisotopic (exact) mass is 472 g/mol. The highest BCUT2D eigenvalue weighted by molar-refractivity contribution is 9.10. The van der Waals surface area contributed by atoms with Gasteiger partial charge in [0.05, 0.1) is 0 Å². The van der Waals surface area contributed by atoms with Gasteiger partial charge in [-0.3, -0.25) is 0 Å². The number of halogens is 2. The Bertz CT molecular complexity index is 1580. The SMILES string of the molecule is Clc1ccc2c(c1)sc1ccc(-c3cc(Br)c4c(ccc5ccccc54)c3)cc12. The second kappa shape index (κ2) is 6.56. The Hall–Kier alpha value is -2.39. The maximum atomic E-state index is 6.19. The maximum Gasteiger partial charge on any atom is 0.0420 e. The summed E-state index contributed by atoms with van der Waals surface area (Å²) < 4.78 is 3.65. The zero-order chi connectivity index (χ0) is 19.5. The van der Waals surface area contributed by atoms with Crippen molar-refractivity contribution >= 4 is 80.6 Å². The minimum atomic E-state index is 0.787. The quantitative estimate of drug-likeness (QED) is 0.209. The molecule has 29 heavy (non-hydrogen) atoms. The minimum absolute atomic E-state index is 0.787. The van der Waals surface area contributed by atoms with Crippen LogP contribution in [-0.4, -0.2) is 0 Å². The van der Waals surface area contributed by atoms with Crippen LogP contribution in [0.15, 0.2) is 89.4 Å². The Morgan fingerprint density at radius 2 is 1.48 bits per heavy atom. The van der Waals surface area contributed by atoms with Gasteiger partial charge in [0.25, 0.3) is 0 Å². The summed E-state index contributed by atoms with van der Waals surface area (Å²) in [4.78, 5) is 0. The lowest BCUT2D eigenvalue weighted by Crippen LogP contribution is -1.83. The summed E-state index contributed by atoms with van der Waals surface area (Å²) >= 11 is 11.8. The molecule has 0 unspecified atom stereocenters. The van der Waals surface area contributed by atoms with Gasteiger partial charge < -0.3 is 0 Å². The Balaban J connectivity index is 1.60. The first-order valence-electron chi connectivity index (χ1n) is 9.41. The van der Waals surface area contributed by atoms with E-state index < -0.39 is 0 Å². The molecule has 0 bridgehead atoms. The summed E-state index contributed by atoms with van der Waals surface area (Å²) in [6.45, 7) is 0. The molecule has 138 valence electrons. The van der Waals surface area contributed by atoms with Gasteiger partial charge in [-0.15, -0.1) is 11.3 Å². The number of hydrogen-bond acceptors (Lipinski definition) is 1. The van der Waals surface area contributed by atoms with Crippen LogP contribution in [0.2, 0.25) is 5.02 Å². The predicted molar refractivity (Wildman–Crippen MR) is 132 cm³/mol. The molecule has 0 saturated heterocycles. The van der Waals surface area contributed by atoms with E-state index in [9.17, 15) is 0 Å². The van der Waals surface area contributed by atoms with E-state index in [0.717, 1.165) is 9.50 Å². The van der Waals surface area contributed by atoms with E-state index in [1.807, 2.05) is 6.07 Å². The first-order chi connectivity index (χ1) is 14.2.